The summed E-state index contributed by atoms with van der Waals surface area (Å²) in [7, 11) is 0. The van der Waals surface area contributed by atoms with Crippen LogP contribution < -0.4 is 4.46 Å². The molecule has 0 aromatic heterocycles. The van der Waals surface area contributed by atoms with Crippen LogP contribution in [0.15, 0.2) is 60.7 Å². The van der Waals surface area contributed by atoms with E-state index in [1.807, 2.05) is 0 Å². The molecule has 0 aliphatic carbocycles. The van der Waals surface area contributed by atoms with Crippen LogP contribution in [0.2, 0.25) is 5.32 Å². The summed E-state index contributed by atoms with van der Waals surface area (Å²) >= 11 is 0.620. The topological polar surface area (TPSA) is 0 Å². The molecule has 16 heavy (non-hydrogen) atoms. The Morgan fingerprint density at radius 1 is 0.812 bits per heavy atom. The molecule has 1 heteroatoms. The summed E-state index contributed by atoms with van der Waals surface area (Å²) in [5, 5.41) is 1.22. The minimum atomic E-state index is 0.620. The Morgan fingerprint density at radius 3 is 2.44 bits per heavy atom. The molecule has 0 bridgehead atoms. The Labute approximate surface area is 102 Å². The molecular weight excluding hydrogens is 259 g/mol. The van der Waals surface area contributed by atoms with Gasteiger partial charge in [0.25, 0.3) is 0 Å². The zero-order valence-corrected chi connectivity index (χ0v) is 10.6. The van der Waals surface area contributed by atoms with Gasteiger partial charge in [-0.1, -0.05) is 0 Å². The molecule has 2 aromatic carbocycles. The molecule has 2 aromatic rings. The molecule has 0 fully saturated rings. The van der Waals surface area contributed by atoms with Crippen molar-refractivity contribution >= 4 is 25.0 Å². The first-order valence-corrected chi connectivity index (χ1v) is 7.50. The molecule has 3 rings (SSSR count). The van der Waals surface area contributed by atoms with Gasteiger partial charge in [0.05, 0.1) is 0 Å². The van der Waals surface area contributed by atoms with E-state index in [4.69, 9.17) is 0 Å². The van der Waals surface area contributed by atoms with Gasteiger partial charge in [-0.25, -0.2) is 0 Å². The van der Waals surface area contributed by atoms with Crippen LogP contribution in [0.1, 0.15) is 11.1 Å². The molecule has 0 unspecified atom stereocenters. The molecule has 0 nitrogen and oxygen atoms in total. The van der Waals surface area contributed by atoms with Gasteiger partial charge < -0.3 is 0 Å². The Balaban J connectivity index is 2.13. The molecule has 0 N–H and O–H groups in total. The average Bonchev–Trinajstić information content (AvgIpc) is 2.39. The molecular formula is C15H12Se. The average molecular weight is 271 g/mol. The molecule has 0 saturated carbocycles. The zero-order valence-electron chi connectivity index (χ0n) is 8.89. The fourth-order valence-corrected chi connectivity index (χ4v) is 4.00. The number of allylic oxidation sites excluding steroid dienone is 1. The normalized spacial score (nSPS) is 14.1. The van der Waals surface area contributed by atoms with Crippen molar-refractivity contribution in [3.8, 4) is 0 Å². The van der Waals surface area contributed by atoms with E-state index in [9.17, 15) is 0 Å². The molecule has 1 aliphatic heterocycles. The van der Waals surface area contributed by atoms with Crippen molar-refractivity contribution in [3.63, 3.8) is 0 Å². The van der Waals surface area contributed by atoms with Crippen molar-refractivity contribution in [1.82, 2.24) is 0 Å². The van der Waals surface area contributed by atoms with Crippen molar-refractivity contribution in [1.29, 1.82) is 0 Å². The van der Waals surface area contributed by atoms with Crippen LogP contribution >= 0.6 is 0 Å². The summed E-state index contributed by atoms with van der Waals surface area (Å²) in [4.78, 5) is 0. The standard InChI is InChI=1S/C15H12Se/c1-2-6-12(7-3-1)13-10-11-16-15-9-5-4-8-14(13)15/h1-10H,11H2. The van der Waals surface area contributed by atoms with Crippen LogP contribution in [0.4, 0.5) is 0 Å². The number of hydrogen-bond donors (Lipinski definition) is 0. The second-order valence-electron chi connectivity index (χ2n) is 3.79. The predicted octanol–water partition coefficient (Wildman–Crippen LogP) is 2.88. The SMILES string of the molecule is C1=C(c2ccccc2)c2ccccc2[Se]C1. The van der Waals surface area contributed by atoms with Crippen LogP contribution in [0.5, 0.6) is 0 Å². The summed E-state index contributed by atoms with van der Waals surface area (Å²) in [5.41, 5.74) is 4.18. The Morgan fingerprint density at radius 2 is 1.56 bits per heavy atom. The Bertz CT molecular complexity index is 526. The molecule has 0 amide bonds. The van der Waals surface area contributed by atoms with E-state index in [-0.39, 0.29) is 0 Å². The first-order chi connectivity index (χ1) is 7.95. The van der Waals surface area contributed by atoms with Gasteiger partial charge in [0.15, 0.2) is 0 Å². The third-order valence-corrected chi connectivity index (χ3v) is 4.89. The second kappa shape index (κ2) is 4.29. The summed E-state index contributed by atoms with van der Waals surface area (Å²) < 4.78 is 1.54. The Kier molecular flexibility index (Phi) is 2.65. The minimum absolute atomic E-state index is 0.620. The number of rotatable bonds is 1. The van der Waals surface area contributed by atoms with Gasteiger partial charge in [-0.05, 0) is 0 Å². The number of fused-ring (bicyclic) bond motifs is 1. The van der Waals surface area contributed by atoms with Gasteiger partial charge in [-0.2, -0.15) is 0 Å². The predicted molar refractivity (Wildman–Crippen MR) is 70.2 cm³/mol. The Hall–Kier alpha value is -1.30. The zero-order chi connectivity index (χ0) is 10.8. The van der Waals surface area contributed by atoms with Gasteiger partial charge in [0.1, 0.15) is 0 Å². The third-order valence-electron chi connectivity index (χ3n) is 2.79. The van der Waals surface area contributed by atoms with Crippen molar-refractivity contribution in [3.05, 3.63) is 71.8 Å². The van der Waals surface area contributed by atoms with Gasteiger partial charge in [0, 0.05) is 0 Å². The molecule has 0 atom stereocenters. The van der Waals surface area contributed by atoms with Crippen molar-refractivity contribution in [2.24, 2.45) is 0 Å². The van der Waals surface area contributed by atoms with Crippen LogP contribution in [-0.2, 0) is 0 Å². The van der Waals surface area contributed by atoms with Gasteiger partial charge in [-0.15, -0.1) is 0 Å². The first kappa shape index (κ1) is 9.89. The van der Waals surface area contributed by atoms with E-state index >= 15 is 0 Å². The first-order valence-electron chi connectivity index (χ1n) is 5.43. The number of benzene rings is 2. The molecule has 0 spiro atoms. The van der Waals surface area contributed by atoms with Crippen molar-refractivity contribution in [2.75, 3.05) is 0 Å². The monoisotopic (exact) mass is 272 g/mol. The van der Waals surface area contributed by atoms with Crippen molar-refractivity contribution in [2.45, 2.75) is 5.32 Å². The summed E-state index contributed by atoms with van der Waals surface area (Å²) in [6, 6.07) is 19.5. The van der Waals surface area contributed by atoms with E-state index < -0.39 is 0 Å². The van der Waals surface area contributed by atoms with Crippen LogP contribution in [0.25, 0.3) is 5.57 Å². The fourth-order valence-electron chi connectivity index (χ4n) is 2.03. The molecule has 78 valence electrons. The fraction of sp³-hybridized carbons (Fsp3) is 0.0667. The molecule has 0 saturated heterocycles. The van der Waals surface area contributed by atoms with Gasteiger partial charge in [-0.3, -0.25) is 0 Å². The third kappa shape index (κ3) is 1.73. The van der Waals surface area contributed by atoms with Crippen LogP contribution in [0, 0.1) is 0 Å². The summed E-state index contributed by atoms with van der Waals surface area (Å²) in [5.74, 6) is 0. The molecule has 1 heterocycles. The van der Waals surface area contributed by atoms with Crippen molar-refractivity contribution < 1.29 is 0 Å². The van der Waals surface area contributed by atoms with E-state index in [0.717, 1.165) is 0 Å². The van der Waals surface area contributed by atoms with E-state index in [0.29, 0.717) is 15.0 Å². The molecule has 1 aliphatic rings. The van der Waals surface area contributed by atoms with Gasteiger partial charge in [0.2, 0.25) is 0 Å². The summed E-state index contributed by atoms with van der Waals surface area (Å²) in [6.45, 7) is 0. The summed E-state index contributed by atoms with van der Waals surface area (Å²) in [6.07, 6.45) is 2.39. The maximum absolute atomic E-state index is 2.39. The van der Waals surface area contributed by atoms with Crippen LogP contribution in [-0.4, -0.2) is 15.0 Å². The second-order valence-corrected chi connectivity index (χ2v) is 6.02. The quantitative estimate of drug-likeness (QED) is 0.700. The van der Waals surface area contributed by atoms with Gasteiger partial charge >= 0.3 is 102 Å². The maximum atomic E-state index is 2.39. The van der Waals surface area contributed by atoms with Crippen LogP contribution in [0.3, 0.4) is 0 Å². The van der Waals surface area contributed by atoms with E-state index in [1.54, 1.807) is 0 Å². The van der Waals surface area contributed by atoms with E-state index in [1.165, 1.54) is 26.5 Å². The van der Waals surface area contributed by atoms with E-state index in [2.05, 4.69) is 60.7 Å². The molecule has 0 radical (unpaired) electrons. The number of hydrogen-bond acceptors (Lipinski definition) is 0.